The lowest BCUT2D eigenvalue weighted by Crippen LogP contribution is -2.28. The molecule has 1 aromatic heterocycles. The van der Waals surface area contributed by atoms with Crippen molar-refractivity contribution in [2.75, 3.05) is 19.6 Å². The summed E-state index contributed by atoms with van der Waals surface area (Å²) in [5, 5.41) is 0. The highest BCUT2D eigenvalue weighted by atomic mass is 79.9. The lowest BCUT2D eigenvalue weighted by atomic mass is 9.89. The smallest absolute Gasteiger partial charge is 0.133 e. The van der Waals surface area contributed by atoms with Gasteiger partial charge in [-0.3, -0.25) is 0 Å². The highest BCUT2D eigenvalue weighted by molar-refractivity contribution is 9.10. The molecule has 2 aliphatic rings. The van der Waals surface area contributed by atoms with Crippen molar-refractivity contribution >= 4 is 33.0 Å². The summed E-state index contributed by atoms with van der Waals surface area (Å²) in [5.74, 6) is 2.63. The standard InChI is InChI=1S/C28H34BrN3/c1-21-7-9-23(10-8-21)20-32-27-13-12-25(29)17-26(27)30-28(32)14-11-24-15-16-31(19-24)18-22-5-3-2-4-6-22/h7-14,17,22,24H,2-6,15-16,18-20H2,1H3/b14-11+. The van der Waals surface area contributed by atoms with Crippen molar-refractivity contribution in [3.05, 3.63) is 70.0 Å². The van der Waals surface area contributed by atoms with Crippen molar-refractivity contribution in [3.63, 3.8) is 0 Å². The minimum absolute atomic E-state index is 0.637. The van der Waals surface area contributed by atoms with E-state index in [-0.39, 0.29) is 0 Å². The van der Waals surface area contributed by atoms with E-state index >= 15 is 0 Å². The predicted octanol–water partition coefficient (Wildman–Crippen LogP) is 7.07. The van der Waals surface area contributed by atoms with Crippen molar-refractivity contribution in [3.8, 4) is 0 Å². The molecular formula is C28H34BrN3. The SMILES string of the molecule is Cc1ccc(Cn2c(/C=C/C3CCN(CC4CCCCC4)C3)nc3cc(Br)ccc32)cc1. The molecule has 1 aliphatic heterocycles. The summed E-state index contributed by atoms with van der Waals surface area (Å²) in [6, 6.07) is 15.3. The molecule has 1 atom stereocenters. The van der Waals surface area contributed by atoms with Crippen LogP contribution in [0.15, 0.2) is 53.0 Å². The van der Waals surface area contributed by atoms with Gasteiger partial charge < -0.3 is 9.47 Å². The first-order valence-corrected chi connectivity index (χ1v) is 13.1. The molecule has 32 heavy (non-hydrogen) atoms. The Kier molecular flexibility index (Phi) is 6.80. The number of rotatable bonds is 6. The number of imidazole rings is 1. The molecule has 3 nitrogen and oxygen atoms in total. The van der Waals surface area contributed by atoms with Gasteiger partial charge in [-0.1, -0.05) is 71.1 Å². The Hall–Kier alpha value is -1.91. The van der Waals surface area contributed by atoms with Gasteiger partial charge in [0.2, 0.25) is 0 Å². The summed E-state index contributed by atoms with van der Waals surface area (Å²) in [7, 11) is 0. The van der Waals surface area contributed by atoms with Gasteiger partial charge in [0.1, 0.15) is 5.82 Å². The predicted molar refractivity (Wildman–Crippen MR) is 138 cm³/mol. The molecule has 1 aliphatic carbocycles. The van der Waals surface area contributed by atoms with Gasteiger partial charge in [-0.2, -0.15) is 0 Å². The van der Waals surface area contributed by atoms with Crippen LogP contribution < -0.4 is 0 Å². The monoisotopic (exact) mass is 491 g/mol. The molecule has 2 fully saturated rings. The van der Waals surface area contributed by atoms with Crippen LogP contribution in [0.2, 0.25) is 0 Å². The van der Waals surface area contributed by atoms with E-state index in [9.17, 15) is 0 Å². The first kappa shape index (κ1) is 21.9. The maximum atomic E-state index is 4.99. The van der Waals surface area contributed by atoms with Crippen LogP contribution in [-0.4, -0.2) is 34.1 Å². The minimum atomic E-state index is 0.637. The second-order valence-electron chi connectivity index (χ2n) is 9.85. The zero-order chi connectivity index (χ0) is 21.9. The molecular weight excluding hydrogens is 458 g/mol. The highest BCUT2D eigenvalue weighted by Gasteiger charge is 2.24. The topological polar surface area (TPSA) is 21.1 Å². The maximum Gasteiger partial charge on any atom is 0.133 e. The molecule has 1 unspecified atom stereocenters. The number of nitrogens with zero attached hydrogens (tertiary/aromatic N) is 3. The van der Waals surface area contributed by atoms with Crippen LogP contribution in [0, 0.1) is 18.8 Å². The molecule has 0 N–H and O–H groups in total. The molecule has 1 saturated heterocycles. The molecule has 3 aromatic rings. The van der Waals surface area contributed by atoms with Crippen molar-refractivity contribution in [2.24, 2.45) is 11.8 Å². The Bertz CT molecular complexity index is 1080. The third-order valence-corrected chi connectivity index (χ3v) is 7.76. The summed E-state index contributed by atoms with van der Waals surface area (Å²) >= 11 is 3.61. The van der Waals surface area contributed by atoms with Crippen LogP contribution in [0.5, 0.6) is 0 Å². The van der Waals surface area contributed by atoms with Crippen LogP contribution in [0.4, 0.5) is 0 Å². The van der Waals surface area contributed by atoms with E-state index in [1.54, 1.807) is 0 Å². The minimum Gasteiger partial charge on any atom is -0.320 e. The van der Waals surface area contributed by atoms with Crippen molar-refractivity contribution in [1.29, 1.82) is 0 Å². The Balaban J connectivity index is 1.33. The third-order valence-electron chi connectivity index (χ3n) is 7.27. The summed E-state index contributed by atoms with van der Waals surface area (Å²) in [5.41, 5.74) is 4.86. The van der Waals surface area contributed by atoms with E-state index in [2.05, 4.69) is 86.9 Å². The Labute approximate surface area is 200 Å². The van der Waals surface area contributed by atoms with Gasteiger partial charge in [-0.25, -0.2) is 4.98 Å². The molecule has 4 heteroatoms. The Morgan fingerprint density at radius 3 is 2.66 bits per heavy atom. The number of benzene rings is 2. The molecule has 5 rings (SSSR count). The second-order valence-corrected chi connectivity index (χ2v) is 10.8. The first-order valence-electron chi connectivity index (χ1n) is 12.3. The fourth-order valence-electron chi connectivity index (χ4n) is 5.43. The van der Waals surface area contributed by atoms with Crippen molar-refractivity contribution in [2.45, 2.75) is 52.0 Å². The number of halogens is 1. The third kappa shape index (κ3) is 5.18. The molecule has 0 spiro atoms. The number of aromatic nitrogens is 2. The summed E-state index contributed by atoms with van der Waals surface area (Å²) in [4.78, 5) is 7.70. The largest absolute Gasteiger partial charge is 0.320 e. The molecule has 168 valence electrons. The summed E-state index contributed by atoms with van der Waals surface area (Å²) in [6.45, 7) is 6.75. The Morgan fingerprint density at radius 1 is 1.03 bits per heavy atom. The van der Waals surface area contributed by atoms with Crippen LogP contribution in [0.3, 0.4) is 0 Å². The number of likely N-dealkylation sites (tertiary alicyclic amines) is 1. The van der Waals surface area contributed by atoms with Crippen LogP contribution in [0.1, 0.15) is 55.5 Å². The fourth-order valence-corrected chi connectivity index (χ4v) is 5.78. The van der Waals surface area contributed by atoms with E-state index in [1.807, 2.05) is 0 Å². The van der Waals surface area contributed by atoms with E-state index in [0.717, 1.165) is 28.3 Å². The maximum absolute atomic E-state index is 4.99. The lowest BCUT2D eigenvalue weighted by molar-refractivity contribution is 0.231. The quantitative estimate of drug-likeness (QED) is 0.367. The number of aryl methyl sites for hydroxylation is 1. The van der Waals surface area contributed by atoms with Crippen LogP contribution in [-0.2, 0) is 6.54 Å². The lowest BCUT2D eigenvalue weighted by Gasteiger charge is -2.26. The Morgan fingerprint density at radius 2 is 1.84 bits per heavy atom. The van der Waals surface area contributed by atoms with Gasteiger partial charge in [0.25, 0.3) is 0 Å². The summed E-state index contributed by atoms with van der Waals surface area (Å²) in [6.07, 6.45) is 13.2. The zero-order valence-electron chi connectivity index (χ0n) is 19.1. The number of hydrogen-bond donors (Lipinski definition) is 0. The summed E-state index contributed by atoms with van der Waals surface area (Å²) < 4.78 is 3.44. The molecule has 0 radical (unpaired) electrons. The normalized spacial score (nSPS) is 20.6. The molecule has 2 aromatic carbocycles. The van der Waals surface area contributed by atoms with E-state index in [0.29, 0.717) is 5.92 Å². The molecule has 1 saturated carbocycles. The van der Waals surface area contributed by atoms with Gasteiger partial charge in [0, 0.05) is 24.1 Å². The first-order chi connectivity index (χ1) is 15.6. The van der Waals surface area contributed by atoms with Gasteiger partial charge in [0.15, 0.2) is 0 Å². The molecule has 0 bridgehead atoms. The number of hydrogen-bond acceptors (Lipinski definition) is 2. The second kappa shape index (κ2) is 9.93. The van der Waals surface area contributed by atoms with E-state index in [1.165, 1.54) is 74.8 Å². The fraction of sp³-hybridized carbons (Fsp3) is 0.464. The average Bonchev–Trinajstić information content (AvgIpc) is 3.38. The highest BCUT2D eigenvalue weighted by Crippen LogP contribution is 2.28. The van der Waals surface area contributed by atoms with E-state index in [4.69, 9.17) is 4.98 Å². The molecule has 2 heterocycles. The van der Waals surface area contributed by atoms with Gasteiger partial charge in [-0.15, -0.1) is 0 Å². The number of fused-ring (bicyclic) bond motifs is 1. The average molecular weight is 493 g/mol. The van der Waals surface area contributed by atoms with Gasteiger partial charge in [-0.05, 0) is 74.4 Å². The van der Waals surface area contributed by atoms with Gasteiger partial charge in [0.05, 0.1) is 11.0 Å². The van der Waals surface area contributed by atoms with Crippen LogP contribution >= 0.6 is 15.9 Å². The van der Waals surface area contributed by atoms with Crippen molar-refractivity contribution in [1.82, 2.24) is 14.5 Å². The van der Waals surface area contributed by atoms with E-state index < -0.39 is 0 Å². The molecule has 0 amide bonds. The van der Waals surface area contributed by atoms with Crippen molar-refractivity contribution < 1.29 is 0 Å². The zero-order valence-corrected chi connectivity index (χ0v) is 20.7. The van der Waals surface area contributed by atoms with Crippen LogP contribution in [0.25, 0.3) is 17.1 Å². The van der Waals surface area contributed by atoms with Gasteiger partial charge >= 0.3 is 0 Å².